The van der Waals surface area contributed by atoms with Crippen molar-refractivity contribution >= 4 is 23.7 Å². The van der Waals surface area contributed by atoms with E-state index in [9.17, 15) is 9.59 Å². The Morgan fingerprint density at radius 2 is 2.04 bits per heavy atom. The normalized spacial score (nSPS) is 22.9. The Morgan fingerprint density at radius 3 is 2.82 bits per heavy atom. The summed E-state index contributed by atoms with van der Waals surface area (Å²) >= 11 is 1.92. The summed E-state index contributed by atoms with van der Waals surface area (Å²) in [5.74, 6) is 2.47. The van der Waals surface area contributed by atoms with Gasteiger partial charge in [-0.25, -0.2) is 4.79 Å². The van der Waals surface area contributed by atoms with Crippen molar-refractivity contribution in [2.24, 2.45) is 0 Å². The summed E-state index contributed by atoms with van der Waals surface area (Å²) in [6.07, 6.45) is 4.20. The molecule has 2 heterocycles. The Hall–Kier alpha value is -2.09. The van der Waals surface area contributed by atoms with Crippen molar-refractivity contribution in [3.05, 3.63) is 23.8 Å². The molecule has 1 aromatic carbocycles. The lowest BCUT2D eigenvalue weighted by atomic mass is 10.0. The van der Waals surface area contributed by atoms with Crippen molar-refractivity contribution in [3.63, 3.8) is 0 Å². The minimum Gasteiger partial charge on any atom is -0.493 e. The standard InChI is InChI=1S/C20H29N3O4S/c1-26-15-8-7-13(11-16(15)27-2)9-10-21-18(24)6-4-3-5-17-19-14(12-28-17)22-20(25)23-19/h7-8,11,14,17,19H,3-6,9-10,12H2,1-2H3,(H,21,24)(H2,22,23,25). The fourth-order valence-corrected chi connectivity index (χ4v) is 5.29. The first kappa shape index (κ1) is 20.6. The van der Waals surface area contributed by atoms with Crippen molar-refractivity contribution < 1.29 is 19.1 Å². The molecule has 3 atom stereocenters. The summed E-state index contributed by atoms with van der Waals surface area (Å²) in [6, 6.07) is 6.26. The molecule has 3 unspecified atom stereocenters. The van der Waals surface area contributed by atoms with Crippen LogP contribution in [0.3, 0.4) is 0 Å². The van der Waals surface area contributed by atoms with E-state index in [1.54, 1.807) is 14.2 Å². The second-order valence-electron chi connectivity index (χ2n) is 7.16. The molecule has 7 nitrogen and oxygen atoms in total. The number of amides is 3. The Bertz CT molecular complexity index is 700. The third-order valence-electron chi connectivity index (χ3n) is 5.26. The zero-order chi connectivity index (χ0) is 19.9. The van der Waals surface area contributed by atoms with Gasteiger partial charge >= 0.3 is 6.03 Å². The van der Waals surface area contributed by atoms with E-state index in [2.05, 4.69) is 16.0 Å². The first-order chi connectivity index (χ1) is 13.6. The van der Waals surface area contributed by atoms with Gasteiger partial charge in [-0.1, -0.05) is 12.5 Å². The fraction of sp³-hybridized carbons (Fsp3) is 0.600. The number of hydrogen-bond donors (Lipinski definition) is 3. The average molecular weight is 408 g/mol. The molecular formula is C20H29N3O4S. The highest BCUT2D eigenvalue weighted by Gasteiger charge is 2.42. The van der Waals surface area contributed by atoms with E-state index in [0.717, 1.165) is 37.0 Å². The van der Waals surface area contributed by atoms with Gasteiger partial charge in [0.2, 0.25) is 5.91 Å². The minimum absolute atomic E-state index is 0.0471. The molecule has 3 N–H and O–H groups in total. The van der Waals surface area contributed by atoms with E-state index in [1.165, 1.54) is 0 Å². The SMILES string of the molecule is COc1ccc(CCNC(=O)CCCCC2SCC3NC(=O)NC32)cc1OC. The number of fused-ring (bicyclic) bond motifs is 1. The van der Waals surface area contributed by atoms with Crippen molar-refractivity contribution in [2.75, 3.05) is 26.5 Å². The monoisotopic (exact) mass is 407 g/mol. The van der Waals surface area contributed by atoms with Gasteiger partial charge in [-0.15, -0.1) is 0 Å². The molecule has 2 aliphatic rings. The number of urea groups is 1. The van der Waals surface area contributed by atoms with Gasteiger partial charge in [0.15, 0.2) is 11.5 Å². The smallest absolute Gasteiger partial charge is 0.315 e. The Morgan fingerprint density at radius 1 is 1.21 bits per heavy atom. The maximum atomic E-state index is 12.1. The third-order valence-corrected chi connectivity index (χ3v) is 6.77. The van der Waals surface area contributed by atoms with Crippen LogP contribution < -0.4 is 25.4 Å². The van der Waals surface area contributed by atoms with E-state index >= 15 is 0 Å². The molecule has 0 saturated carbocycles. The summed E-state index contributed by atoms with van der Waals surface area (Å²) in [5.41, 5.74) is 1.10. The number of unbranched alkanes of at least 4 members (excludes halogenated alkanes) is 1. The molecule has 1 aromatic rings. The predicted molar refractivity (Wildman–Crippen MR) is 110 cm³/mol. The molecule has 2 fully saturated rings. The van der Waals surface area contributed by atoms with E-state index in [4.69, 9.17) is 9.47 Å². The summed E-state index contributed by atoms with van der Waals surface area (Å²) in [5, 5.41) is 9.40. The second-order valence-corrected chi connectivity index (χ2v) is 8.43. The lowest BCUT2D eigenvalue weighted by Gasteiger charge is -2.16. The Balaban J connectivity index is 1.29. The first-order valence-electron chi connectivity index (χ1n) is 9.77. The highest BCUT2D eigenvalue weighted by atomic mass is 32.2. The van der Waals surface area contributed by atoms with Gasteiger partial charge in [0, 0.05) is 24.0 Å². The molecule has 2 aliphatic heterocycles. The van der Waals surface area contributed by atoms with E-state index < -0.39 is 0 Å². The van der Waals surface area contributed by atoms with Crippen LogP contribution in [0.4, 0.5) is 4.79 Å². The molecule has 154 valence electrons. The number of hydrogen-bond acceptors (Lipinski definition) is 5. The zero-order valence-electron chi connectivity index (χ0n) is 16.5. The molecular weight excluding hydrogens is 378 g/mol. The summed E-state index contributed by atoms with van der Waals surface area (Å²) in [4.78, 5) is 23.4. The van der Waals surface area contributed by atoms with Crippen LogP contribution in [0.2, 0.25) is 0 Å². The van der Waals surface area contributed by atoms with Crippen molar-refractivity contribution in [3.8, 4) is 11.5 Å². The van der Waals surface area contributed by atoms with Gasteiger partial charge in [-0.2, -0.15) is 11.8 Å². The van der Waals surface area contributed by atoms with Crippen LogP contribution in [0.25, 0.3) is 0 Å². The van der Waals surface area contributed by atoms with E-state index in [1.807, 2.05) is 30.0 Å². The lowest BCUT2D eigenvalue weighted by Crippen LogP contribution is -2.36. The molecule has 2 saturated heterocycles. The molecule has 0 radical (unpaired) electrons. The van der Waals surface area contributed by atoms with Gasteiger partial charge in [-0.05, 0) is 37.0 Å². The maximum absolute atomic E-state index is 12.1. The Labute approximate surface area is 170 Å². The predicted octanol–water partition coefficient (Wildman–Crippen LogP) is 2.09. The number of benzene rings is 1. The number of ether oxygens (including phenoxy) is 2. The molecule has 0 spiro atoms. The lowest BCUT2D eigenvalue weighted by molar-refractivity contribution is -0.121. The number of nitrogens with one attached hydrogen (secondary N) is 3. The maximum Gasteiger partial charge on any atom is 0.315 e. The second kappa shape index (κ2) is 9.91. The molecule has 3 amide bonds. The minimum atomic E-state index is -0.0471. The fourth-order valence-electron chi connectivity index (χ4n) is 3.74. The topological polar surface area (TPSA) is 88.7 Å². The quantitative estimate of drug-likeness (QED) is 0.408. The largest absolute Gasteiger partial charge is 0.493 e. The van der Waals surface area contributed by atoms with Crippen LogP contribution in [-0.2, 0) is 11.2 Å². The van der Waals surface area contributed by atoms with Gasteiger partial charge in [-0.3, -0.25) is 4.79 Å². The molecule has 3 rings (SSSR count). The van der Waals surface area contributed by atoms with Crippen LogP contribution in [0.1, 0.15) is 31.2 Å². The number of thioether (sulfide) groups is 1. The van der Waals surface area contributed by atoms with Gasteiger partial charge in [0.1, 0.15) is 0 Å². The van der Waals surface area contributed by atoms with Crippen molar-refractivity contribution in [2.45, 2.75) is 49.4 Å². The van der Waals surface area contributed by atoms with Gasteiger partial charge < -0.3 is 25.4 Å². The third kappa shape index (κ3) is 5.25. The van der Waals surface area contributed by atoms with Crippen molar-refractivity contribution in [1.82, 2.24) is 16.0 Å². The van der Waals surface area contributed by atoms with Crippen LogP contribution in [-0.4, -0.2) is 55.8 Å². The number of methoxy groups -OCH3 is 2. The van der Waals surface area contributed by atoms with Crippen LogP contribution in [0.15, 0.2) is 18.2 Å². The summed E-state index contributed by atoms with van der Waals surface area (Å²) in [7, 11) is 3.23. The number of carbonyl (C=O) groups excluding carboxylic acids is 2. The summed E-state index contributed by atoms with van der Waals surface area (Å²) < 4.78 is 10.5. The highest BCUT2D eigenvalue weighted by molar-refractivity contribution is 8.00. The average Bonchev–Trinajstić information content (AvgIpc) is 3.24. The van der Waals surface area contributed by atoms with Crippen LogP contribution in [0.5, 0.6) is 11.5 Å². The zero-order valence-corrected chi connectivity index (χ0v) is 17.3. The molecule has 0 aromatic heterocycles. The van der Waals surface area contributed by atoms with Crippen LogP contribution in [0, 0.1) is 0 Å². The summed E-state index contributed by atoms with van der Waals surface area (Å²) in [6.45, 7) is 0.605. The Kier molecular flexibility index (Phi) is 7.30. The number of rotatable bonds is 10. The molecule has 0 aliphatic carbocycles. The molecule has 0 bridgehead atoms. The molecule has 28 heavy (non-hydrogen) atoms. The molecule has 8 heteroatoms. The first-order valence-corrected chi connectivity index (χ1v) is 10.8. The number of carbonyl (C=O) groups is 2. The van der Waals surface area contributed by atoms with E-state index in [0.29, 0.717) is 29.7 Å². The van der Waals surface area contributed by atoms with Crippen LogP contribution >= 0.6 is 11.8 Å². The van der Waals surface area contributed by atoms with E-state index in [-0.39, 0.29) is 24.0 Å². The van der Waals surface area contributed by atoms with Gasteiger partial charge in [0.05, 0.1) is 26.3 Å². The van der Waals surface area contributed by atoms with Crippen molar-refractivity contribution in [1.29, 1.82) is 0 Å². The van der Waals surface area contributed by atoms with Gasteiger partial charge in [0.25, 0.3) is 0 Å². The highest BCUT2D eigenvalue weighted by Crippen LogP contribution is 2.33.